The zero-order valence-electron chi connectivity index (χ0n) is 18.9. The van der Waals surface area contributed by atoms with E-state index in [9.17, 15) is 9.59 Å². The molecule has 164 valence electrons. The number of ketones is 1. The summed E-state index contributed by atoms with van der Waals surface area (Å²) < 4.78 is 13.7. The number of pyridine rings is 1. The lowest BCUT2D eigenvalue weighted by Gasteiger charge is -2.34. The van der Waals surface area contributed by atoms with E-state index in [0.717, 1.165) is 52.3 Å². The molecule has 0 spiro atoms. The van der Waals surface area contributed by atoms with Crippen molar-refractivity contribution in [1.29, 1.82) is 0 Å². The summed E-state index contributed by atoms with van der Waals surface area (Å²) in [6, 6.07) is 12.1. The first-order valence-corrected chi connectivity index (χ1v) is 11.1. The number of methoxy groups -OCH3 is 1. The van der Waals surface area contributed by atoms with E-state index in [1.165, 1.54) is 12.5 Å². The summed E-state index contributed by atoms with van der Waals surface area (Å²) in [5, 5.41) is 0. The van der Waals surface area contributed by atoms with E-state index in [1.807, 2.05) is 18.2 Å². The minimum atomic E-state index is -0.219. The van der Waals surface area contributed by atoms with Gasteiger partial charge in [0, 0.05) is 41.4 Å². The molecule has 1 atom stereocenters. The fraction of sp³-hybridized carbons (Fsp3) is 0.333. The maximum Gasteiger partial charge on any atom is 0.192 e. The van der Waals surface area contributed by atoms with E-state index in [0.29, 0.717) is 12.5 Å². The Hall–Kier alpha value is -3.34. The first kappa shape index (κ1) is 20.6. The average Bonchev–Trinajstić information content (AvgIpc) is 3.26. The van der Waals surface area contributed by atoms with Gasteiger partial charge in [-0.05, 0) is 48.6 Å². The Bertz CT molecular complexity index is 1300. The summed E-state index contributed by atoms with van der Waals surface area (Å²) in [4.78, 5) is 24.9. The second kappa shape index (κ2) is 7.66. The fourth-order valence-electron chi connectivity index (χ4n) is 5.09. The third kappa shape index (κ3) is 3.15. The molecule has 5 heteroatoms. The third-order valence-electron chi connectivity index (χ3n) is 6.71. The van der Waals surface area contributed by atoms with Crippen molar-refractivity contribution in [3.63, 3.8) is 0 Å². The molecule has 0 saturated heterocycles. The fourth-order valence-corrected chi connectivity index (χ4v) is 5.09. The molecule has 0 saturated carbocycles. The quantitative estimate of drug-likeness (QED) is 0.543. The normalized spacial score (nSPS) is 16.2. The van der Waals surface area contributed by atoms with Gasteiger partial charge in [0.1, 0.15) is 11.5 Å². The van der Waals surface area contributed by atoms with E-state index in [-0.39, 0.29) is 22.8 Å². The second-order valence-electron chi connectivity index (χ2n) is 9.01. The molecule has 3 aromatic rings. The van der Waals surface area contributed by atoms with E-state index in [2.05, 4.69) is 30.5 Å². The molecule has 0 radical (unpaired) electrons. The summed E-state index contributed by atoms with van der Waals surface area (Å²) in [5.41, 5.74) is 6.50. The molecule has 0 N–H and O–H groups in total. The van der Waals surface area contributed by atoms with Crippen molar-refractivity contribution in [2.75, 3.05) is 13.7 Å². The molecule has 1 aromatic heterocycles. The standard InChI is InChI=1S/C27H27NO4/c1-15(2)23-12-18-11-21(17-6-5-7-19(10-17)31-4)27-20(8-9-32-27)26(18)24-13-25(30)22(16(3)29)14-28(23)24/h5-7,10-11,13-15,23H,8-9,12H2,1-4H3. The number of hydrogen-bond donors (Lipinski definition) is 0. The van der Waals surface area contributed by atoms with Gasteiger partial charge in [-0.2, -0.15) is 0 Å². The minimum absolute atomic E-state index is 0.162. The summed E-state index contributed by atoms with van der Waals surface area (Å²) in [5.74, 6) is 1.84. The van der Waals surface area contributed by atoms with Crippen LogP contribution in [0, 0.1) is 5.92 Å². The number of Topliss-reactive ketones (excluding diaryl/α,β-unsaturated/α-hetero) is 1. The number of benzene rings is 2. The lowest BCUT2D eigenvalue weighted by molar-refractivity contribution is 0.101. The molecule has 5 rings (SSSR count). The predicted octanol–water partition coefficient (Wildman–Crippen LogP) is 5.08. The van der Waals surface area contributed by atoms with Crippen LogP contribution < -0.4 is 14.9 Å². The Kier molecular flexibility index (Phi) is 4.92. The molecular weight excluding hydrogens is 402 g/mol. The molecule has 1 unspecified atom stereocenters. The SMILES string of the molecule is COc1cccc(-c2cc3c(c4c2OCC4)-c2cc(=O)c(C(C)=O)cn2C(C(C)C)C3)c1. The molecule has 0 amide bonds. The number of rotatable bonds is 4. The molecule has 0 aliphatic carbocycles. The Morgan fingerprint density at radius 1 is 1.22 bits per heavy atom. The van der Waals surface area contributed by atoms with Crippen LogP contribution in [0.4, 0.5) is 0 Å². The van der Waals surface area contributed by atoms with E-state index < -0.39 is 0 Å². The minimum Gasteiger partial charge on any atom is -0.497 e. The van der Waals surface area contributed by atoms with Crippen molar-refractivity contribution in [3.05, 3.63) is 69.5 Å². The molecule has 0 fully saturated rings. The zero-order chi connectivity index (χ0) is 22.6. The predicted molar refractivity (Wildman–Crippen MR) is 125 cm³/mol. The van der Waals surface area contributed by atoms with Crippen LogP contribution in [-0.2, 0) is 12.8 Å². The molecule has 0 bridgehead atoms. The van der Waals surface area contributed by atoms with Crippen LogP contribution in [0.15, 0.2) is 47.4 Å². The molecule has 2 aliphatic rings. The van der Waals surface area contributed by atoms with Gasteiger partial charge in [-0.15, -0.1) is 0 Å². The van der Waals surface area contributed by atoms with Crippen molar-refractivity contribution in [2.24, 2.45) is 5.92 Å². The first-order chi connectivity index (χ1) is 15.4. The summed E-state index contributed by atoms with van der Waals surface area (Å²) in [7, 11) is 1.67. The van der Waals surface area contributed by atoms with Crippen molar-refractivity contribution < 1.29 is 14.3 Å². The monoisotopic (exact) mass is 429 g/mol. The molecule has 5 nitrogen and oxygen atoms in total. The summed E-state index contributed by atoms with van der Waals surface area (Å²) >= 11 is 0. The van der Waals surface area contributed by atoms with Crippen molar-refractivity contribution >= 4 is 5.78 Å². The number of ether oxygens (including phenoxy) is 2. The Balaban J connectivity index is 1.79. The summed E-state index contributed by atoms with van der Waals surface area (Å²) in [6.45, 7) is 6.44. The highest BCUT2D eigenvalue weighted by atomic mass is 16.5. The highest BCUT2D eigenvalue weighted by Crippen LogP contribution is 2.48. The van der Waals surface area contributed by atoms with Crippen molar-refractivity contribution in [3.8, 4) is 33.9 Å². The lowest BCUT2D eigenvalue weighted by atomic mass is 9.82. The van der Waals surface area contributed by atoms with Gasteiger partial charge in [-0.1, -0.05) is 26.0 Å². The number of nitrogens with zero attached hydrogens (tertiary/aromatic N) is 1. The first-order valence-electron chi connectivity index (χ1n) is 11.1. The van der Waals surface area contributed by atoms with Gasteiger partial charge >= 0.3 is 0 Å². The molecular formula is C27H27NO4. The third-order valence-corrected chi connectivity index (χ3v) is 6.71. The maximum absolute atomic E-state index is 12.8. The Labute approximate surface area is 187 Å². The number of aromatic nitrogens is 1. The molecule has 2 aromatic carbocycles. The highest BCUT2D eigenvalue weighted by molar-refractivity contribution is 5.94. The van der Waals surface area contributed by atoms with E-state index >= 15 is 0 Å². The van der Waals surface area contributed by atoms with Crippen molar-refractivity contribution in [2.45, 2.75) is 39.7 Å². The molecule has 3 heterocycles. The van der Waals surface area contributed by atoms with Crippen LogP contribution >= 0.6 is 0 Å². The molecule has 2 aliphatic heterocycles. The van der Waals surface area contributed by atoms with Crippen LogP contribution in [0.5, 0.6) is 11.5 Å². The number of hydrogen-bond acceptors (Lipinski definition) is 4. The van der Waals surface area contributed by atoms with Gasteiger partial charge in [-0.3, -0.25) is 9.59 Å². The maximum atomic E-state index is 12.8. The van der Waals surface area contributed by atoms with Gasteiger partial charge in [0.05, 0.1) is 25.0 Å². The van der Waals surface area contributed by atoms with Crippen LogP contribution in [0.3, 0.4) is 0 Å². The van der Waals surface area contributed by atoms with Crippen LogP contribution in [0.25, 0.3) is 22.4 Å². The average molecular weight is 430 g/mol. The van der Waals surface area contributed by atoms with Gasteiger partial charge in [0.15, 0.2) is 11.2 Å². The van der Waals surface area contributed by atoms with Crippen LogP contribution in [0.2, 0.25) is 0 Å². The second-order valence-corrected chi connectivity index (χ2v) is 9.01. The van der Waals surface area contributed by atoms with E-state index in [1.54, 1.807) is 19.4 Å². The lowest BCUT2D eigenvalue weighted by Crippen LogP contribution is -2.28. The van der Waals surface area contributed by atoms with Gasteiger partial charge in [-0.25, -0.2) is 0 Å². The van der Waals surface area contributed by atoms with E-state index in [4.69, 9.17) is 9.47 Å². The Morgan fingerprint density at radius 3 is 2.75 bits per heavy atom. The smallest absolute Gasteiger partial charge is 0.192 e. The number of fused-ring (bicyclic) bond motifs is 5. The van der Waals surface area contributed by atoms with Crippen LogP contribution in [-0.4, -0.2) is 24.1 Å². The topological polar surface area (TPSA) is 57.5 Å². The van der Waals surface area contributed by atoms with Gasteiger partial charge < -0.3 is 14.0 Å². The van der Waals surface area contributed by atoms with Crippen LogP contribution in [0.1, 0.15) is 48.3 Å². The van der Waals surface area contributed by atoms with Gasteiger partial charge in [0.25, 0.3) is 0 Å². The van der Waals surface area contributed by atoms with Gasteiger partial charge in [0.2, 0.25) is 0 Å². The number of carbonyl (C=O) groups excluding carboxylic acids is 1. The summed E-state index contributed by atoms with van der Waals surface area (Å²) in [6.07, 6.45) is 3.40. The number of carbonyl (C=O) groups is 1. The Morgan fingerprint density at radius 2 is 2.03 bits per heavy atom. The zero-order valence-corrected chi connectivity index (χ0v) is 18.9. The molecule has 32 heavy (non-hydrogen) atoms. The van der Waals surface area contributed by atoms with Crippen molar-refractivity contribution in [1.82, 2.24) is 4.57 Å². The highest BCUT2D eigenvalue weighted by Gasteiger charge is 2.33. The largest absolute Gasteiger partial charge is 0.497 e.